The monoisotopic (exact) mass is 280 g/mol. The van der Waals surface area contributed by atoms with Crippen LogP contribution in [0, 0.1) is 11.8 Å². The number of hydrogen-bond acceptors (Lipinski definition) is 2. The Morgan fingerprint density at radius 3 is 3.05 bits per heavy atom. The van der Waals surface area contributed by atoms with Crippen LogP contribution in [0.5, 0.6) is 0 Å². The van der Waals surface area contributed by atoms with Gasteiger partial charge in [-0.3, -0.25) is 4.90 Å². The summed E-state index contributed by atoms with van der Waals surface area (Å²) in [5, 5.41) is 3.85. The molecule has 3 aliphatic heterocycles. The Morgan fingerprint density at radius 2 is 2.19 bits per heavy atom. The van der Waals surface area contributed by atoms with Crippen LogP contribution in [0.15, 0.2) is 36.4 Å². The molecule has 1 aliphatic carbocycles. The molecule has 0 radical (unpaired) electrons. The van der Waals surface area contributed by atoms with Crippen molar-refractivity contribution in [3.8, 4) is 0 Å². The summed E-state index contributed by atoms with van der Waals surface area (Å²) in [7, 11) is 0. The highest BCUT2D eigenvalue weighted by Crippen LogP contribution is 2.62. The van der Waals surface area contributed by atoms with Crippen LogP contribution >= 0.6 is 0 Å². The van der Waals surface area contributed by atoms with E-state index in [1.54, 1.807) is 5.56 Å². The molecule has 110 valence electrons. The summed E-state index contributed by atoms with van der Waals surface area (Å²) in [6, 6.07) is 10.2. The fourth-order valence-corrected chi connectivity index (χ4v) is 6.25. The Kier molecular flexibility index (Phi) is 2.29. The van der Waals surface area contributed by atoms with Gasteiger partial charge in [-0.2, -0.15) is 0 Å². The lowest BCUT2D eigenvalue weighted by Gasteiger charge is -2.56. The molecule has 1 saturated carbocycles. The molecule has 1 aromatic carbocycles. The van der Waals surface area contributed by atoms with Crippen LogP contribution in [0.4, 0.5) is 5.69 Å². The molecule has 2 heteroatoms. The lowest BCUT2D eigenvalue weighted by Crippen LogP contribution is -2.62. The van der Waals surface area contributed by atoms with Crippen molar-refractivity contribution < 1.29 is 0 Å². The highest BCUT2D eigenvalue weighted by molar-refractivity contribution is 5.67. The van der Waals surface area contributed by atoms with Crippen molar-refractivity contribution in [2.75, 3.05) is 18.4 Å². The topological polar surface area (TPSA) is 15.3 Å². The zero-order valence-corrected chi connectivity index (χ0v) is 12.8. The van der Waals surface area contributed by atoms with Crippen molar-refractivity contribution in [3.63, 3.8) is 0 Å². The lowest BCUT2D eigenvalue weighted by molar-refractivity contribution is 0.0308. The van der Waals surface area contributed by atoms with Crippen LogP contribution in [0.3, 0.4) is 0 Å². The van der Waals surface area contributed by atoms with Gasteiger partial charge >= 0.3 is 0 Å². The average Bonchev–Trinajstić information content (AvgIpc) is 3.08. The maximum atomic E-state index is 4.59. The van der Waals surface area contributed by atoms with Crippen LogP contribution in [0.25, 0.3) is 0 Å². The Bertz CT molecular complexity index is 622. The molecule has 3 heterocycles. The van der Waals surface area contributed by atoms with Crippen molar-refractivity contribution in [1.29, 1.82) is 0 Å². The number of benzene rings is 1. The summed E-state index contributed by atoms with van der Waals surface area (Å²) in [6.45, 7) is 9.52. The highest BCUT2D eigenvalue weighted by atomic mass is 15.2. The Balaban J connectivity index is 1.76. The average molecular weight is 280 g/mol. The number of rotatable bonds is 1. The molecule has 5 unspecified atom stereocenters. The molecule has 2 nitrogen and oxygen atoms in total. The van der Waals surface area contributed by atoms with Crippen molar-refractivity contribution in [2.45, 2.75) is 43.7 Å². The minimum Gasteiger partial charge on any atom is -0.377 e. The maximum Gasteiger partial charge on any atom is 0.0587 e. The Morgan fingerprint density at radius 1 is 1.33 bits per heavy atom. The van der Waals surface area contributed by atoms with E-state index in [0.717, 1.165) is 17.9 Å². The number of fused-ring (bicyclic) bond motifs is 2. The molecule has 1 N–H and O–H groups in total. The van der Waals surface area contributed by atoms with Crippen molar-refractivity contribution in [2.24, 2.45) is 11.8 Å². The molecule has 2 saturated heterocycles. The van der Waals surface area contributed by atoms with Gasteiger partial charge < -0.3 is 5.32 Å². The normalized spacial score (nSPS) is 43.4. The first-order valence-electron chi connectivity index (χ1n) is 8.56. The Hall–Kier alpha value is -1.28. The zero-order chi connectivity index (χ0) is 14.2. The van der Waals surface area contributed by atoms with E-state index in [1.165, 1.54) is 43.6 Å². The van der Waals surface area contributed by atoms with Gasteiger partial charge in [0.1, 0.15) is 0 Å². The third kappa shape index (κ3) is 1.25. The smallest absolute Gasteiger partial charge is 0.0587 e. The quantitative estimate of drug-likeness (QED) is 0.793. The third-order valence-corrected chi connectivity index (χ3v) is 6.95. The standard InChI is InChI=1S/C19H24N2/c1-3-13-14-8-10-21-11-9-19(18(13)21)15-6-4-5-7-16(15)20-17(19)12(14)2/h4-7,13-14,17-18,20H,2-3,8-11H2,1H3. The van der Waals surface area contributed by atoms with E-state index in [-0.39, 0.29) is 0 Å². The van der Waals surface area contributed by atoms with Gasteiger partial charge in [-0.15, -0.1) is 0 Å². The molecule has 0 amide bonds. The first-order chi connectivity index (χ1) is 10.3. The van der Waals surface area contributed by atoms with Crippen molar-refractivity contribution >= 4 is 5.69 Å². The Labute approximate surface area is 127 Å². The molecule has 2 bridgehead atoms. The predicted octanol–water partition coefficient (Wildman–Crippen LogP) is 3.41. The van der Waals surface area contributed by atoms with Gasteiger partial charge in [0.15, 0.2) is 0 Å². The number of nitrogens with zero attached hydrogens (tertiary/aromatic N) is 1. The summed E-state index contributed by atoms with van der Waals surface area (Å²) in [6.07, 6.45) is 3.91. The molecule has 1 spiro atoms. The molecular formula is C19H24N2. The fraction of sp³-hybridized carbons (Fsp3) is 0.579. The van der Waals surface area contributed by atoms with Crippen molar-refractivity contribution in [3.05, 3.63) is 42.0 Å². The van der Waals surface area contributed by atoms with Crippen LogP contribution in [-0.4, -0.2) is 30.1 Å². The minimum atomic E-state index is 0.297. The van der Waals surface area contributed by atoms with E-state index in [1.807, 2.05) is 0 Å². The third-order valence-electron chi connectivity index (χ3n) is 6.95. The van der Waals surface area contributed by atoms with E-state index in [0.29, 0.717) is 11.5 Å². The van der Waals surface area contributed by atoms with Gasteiger partial charge in [0.05, 0.1) is 6.04 Å². The molecule has 5 rings (SSSR count). The second-order valence-corrected chi connectivity index (χ2v) is 7.44. The molecule has 4 aliphatic rings. The first-order valence-corrected chi connectivity index (χ1v) is 8.56. The zero-order valence-electron chi connectivity index (χ0n) is 12.8. The summed E-state index contributed by atoms with van der Waals surface area (Å²) in [4.78, 5) is 2.80. The molecule has 1 aromatic rings. The van der Waals surface area contributed by atoms with Gasteiger partial charge in [0.25, 0.3) is 0 Å². The highest BCUT2D eigenvalue weighted by Gasteiger charge is 2.65. The van der Waals surface area contributed by atoms with E-state index >= 15 is 0 Å². The van der Waals surface area contributed by atoms with Crippen molar-refractivity contribution in [1.82, 2.24) is 4.90 Å². The van der Waals surface area contributed by atoms with E-state index in [4.69, 9.17) is 0 Å². The summed E-state index contributed by atoms with van der Waals surface area (Å²) < 4.78 is 0. The number of anilines is 1. The number of para-hydroxylation sites is 1. The molecule has 0 aromatic heterocycles. The number of nitrogens with one attached hydrogen (secondary N) is 1. The molecule has 21 heavy (non-hydrogen) atoms. The van der Waals surface area contributed by atoms with Crippen LogP contribution in [0.1, 0.15) is 31.7 Å². The van der Waals surface area contributed by atoms with Gasteiger partial charge in [-0.25, -0.2) is 0 Å². The second-order valence-electron chi connectivity index (χ2n) is 7.44. The SMILES string of the molecule is C=C1C2CCN3CCC4(c5ccccc5NC14)C3C2CC. The maximum absolute atomic E-state index is 4.59. The van der Waals surface area contributed by atoms with E-state index < -0.39 is 0 Å². The van der Waals surface area contributed by atoms with Gasteiger partial charge in [0, 0.05) is 17.1 Å². The summed E-state index contributed by atoms with van der Waals surface area (Å²) in [5.74, 6) is 1.53. The van der Waals surface area contributed by atoms with Crippen LogP contribution < -0.4 is 5.32 Å². The minimum absolute atomic E-state index is 0.297. The summed E-state index contributed by atoms with van der Waals surface area (Å²) in [5.41, 5.74) is 4.73. The van der Waals surface area contributed by atoms with E-state index in [2.05, 4.69) is 48.0 Å². The summed E-state index contributed by atoms with van der Waals surface area (Å²) >= 11 is 0. The number of hydrogen-bond donors (Lipinski definition) is 1. The largest absolute Gasteiger partial charge is 0.377 e. The second kappa shape index (κ2) is 3.92. The fourth-order valence-electron chi connectivity index (χ4n) is 6.25. The van der Waals surface area contributed by atoms with Gasteiger partial charge in [-0.1, -0.05) is 43.7 Å². The first kappa shape index (κ1) is 12.3. The molecule has 5 atom stereocenters. The molecule has 3 fully saturated rings. The van der Waals surface area contributed by atoms with Crippen LogP contribution in [0.2, 0.25) is 0 Å². The van der Waals surface area contributed by atoms with E-state index in [9.17, 15) is 0 Å². The van der Waals surface area contributed by atoms with Crippen LogP contribution in [-0.2, 0) is 5.41 Å². The van der Waals surface area contributed by atoms with Gasteiger partial charge in [0.2, 0.25) is 0 Å². The van der Waals surface area contributed by atoms with Gasteiger partial charge in [-0.05, 0) is 49.4 Å². The predicted molar refractivity (Wildman–Crippen MR) is 86.5 cm³/mol. The molecular weight excluding hydrogens is 256 g/mol. The number of piperidine rings is 1. The lowest BCUT2D eigenvalue weighted by atomic mass is 9.54.